The maximum atomic E-state index is 4.52. The molecule has 0 saturated heterocycles. The molecular formula is C19H17N3S. The largest absolute Gasteiger partial charge is 0.366 e. The fourth-order valence-corrected chi connectivity index (χ4v) is 3.53. The molecule has 3 nitrogen and oxygen atoms in total. The van der Waals surface area contributed by atoms with Gasteiger partial charge in [0.15, 0.2) is 0 Å². The van der Waals surface area contributed by atoms with Crippen molar-refractivity contribution in [2.45, 2.75) is 13.3 Å². The van der Waals surface area contributed by atoms with Crippen molar-refractivity contribution >= 4 is 28.1 Å². The number of pyridine rings is 1. The van der Waals surface area contributed by atoms with Crippen molar-refractivity contribution in [1.29, 1.82) is 0 Å². The molecule has 1 N–H and O–H groups in total. The number of aryl methyl sites for hydroxylation is 1. The number of nitrogens with one attached hydrogen (secondary N) is 1. The Bertz CT molecular complexity index is 923. The van der Waals surface area contributed by atoms with Crippen molar-refractivity contribution < 1.29 is 0 Å². The molecule has 0 radical (unpaired) electrons. The second-order valence-corrected chi connectivity index (χ2v) is 6.48. The van der Waals surface area contributed by atoms with Crippen molar-refractivity contribution in [3.8, 4) is 11.8 Å². The molecule has 0 saturated carbocycles. The predicted octanol–water partition coefficient (Wildman–Crippen LogP) is 4.12. The van der Waals surface area contributed by atoms with Crippen LogP contribution in [0.1, 0.15) is 17.5 Å². The Kier molecular flexibility index (Phi) is 3.64. The van der Waals surface area contributed by atoms with Gasteiger partial charge in [-0.2, -0.15) is 11.3 Å². The zero-order chi connectivity index (χ0) is 15.6. The summed E-state index contributed by atoms with van der Waals surface area (Å²) in [5, 5.41) is 5.35. The summed E-state index contributed by atoms with van der Waals surface area (Å²) in [5.74, 6) is 6.54. The van der Waals surface area contributed by atoms with E-state index in [9.17, 15) is 0 Å². The Balaban J connectivity index is 1.55. The van der Waals surface area contributed by atoms with Crippen molar-refractivity contribution in [2.75, 3.05) is 18.0 Å². The molecule has 1 aliphatic heterocycles. The highest BCUT2D eigenvalue weighted by Crippen LogP contribution is 2.27. The predicted molar refractivity (Wildman–Crippen MR) is 96.9 cm³/mol. The van der Waals surface area contributed by atoms with Crippen LogP contribution in [0.25, 0.3) is 11.0 Å². The number of aromatic nitrogens is 2. The van der Waals surface area contributed by atoms with Gasteiger partial charge in [0.2, 0.25) is 0 Å². The lowest BCUT2D eigenvalue weighted by Gasteiger charge is -2.28. The molecule has 3 aromatic rings. The van der Waals surface area contributed by atoms with Gasteiger partial charge in [0.05, 0.1) is 11.9 Å². The normalized spacial score (nSPS) is 14.5. The summed E-state index contributed by atoms with van der Waals surface area (Å²) in [6.45, 7) is 4.05. The SMILES string of the molecule is Cc1c(N2CC=C(C#Cc3ccsc3)CC2)cnc2[nH]ccc12. The molecule has 23 heavy (non-hydrogen) atoms. The summed E-state index contributed by atoms with van der Waals surface area (Å²) in [4.78, 5) is 10.1. The summed E-state index contributed by atoms with van der Waals surface area (Å²) in [6, 6.07) is 4.16. The van der Waals surface area contributed by atoms with E-state index in [4.69, 9.17) is 0 Å². The van der Waals surface area contributed by atoms with Gasteiger partial charge < -0.3 is 9.88 Å². The monoisotopic (exact) mass is 319 g/mol. The molecule has 0 bridgehead atoms. The topological polar surface area (TPSA) is 31.9 Å². The van der Waals surface area contributed by atoms with Gasteiger partial charge in [-0.05, 0) is 36.4 Å². The van der Waals surface area contributed by atoms with Gasteiger partial charge in [-0.3, -0.25) is 0 Å². The van der Waals surface area contributed by atoms with Crippen molar-refractivity contribution in [3.63, 3.8) is 0 Å². The van der Waals surface area contributed by atoms with Gasteiger partial charge in [-0.15, -0.1) is 0 Å². The lowest BCUT2D eigenvalue weighted by Crippen LogP contribution is -2.29. The van der Waals surface area contributed by atoms with Gasteiger partial charge in [-0.1, -0.05) is 17.9 Å². The Morgan fingerprint density at radius 3 is 3.04 bits per heavy atom. The third kappa shape index (κ3) is 2.76. The number of thiophene rings is 1. The zero-order valence-corrected chi connectivity index (χ0v) is 13.8. The molecule has 0 unspecified atom stereocenters. The minimum atomic E-state index is 0.895. The molecule has 0 aliphatic carbocycles. The average Bonchev–Trinajstić information content (AvgIpc) is 3.26. The van der Waals surface area contributed by atoms with Gasteiger partial charge in [0, 0.05) is 41.2 Å². The van der Waals surface area contributed by atoms with Crippen LogP contribution >= 0.6 is 11.3 Å². The Hall–Kier alpha value is -2.51. The van der Waals surface area contributed by atoms with Crippen LogP contribution in [0.2, 0.25) is 0 Å². The number of hydrogen-bond acceptors (Lipinski definition) is 3. The van der Waals surface area contributed by atoms with E-state index in [-0.39, 0.29) is 0 Å². The van der Waals surface area contributed by atoms with Crippen LogP contribution < -0.4 is 4.90 Å². The van der Waals surface area contributed by atoms with Crippen LogP contribution in [0.5, 0.6) is 0 Å². The van der Waals surface area contributed by atoms with Crippen LogP contribution in [0.3, 0.4) is 0 Å². The summed E-state index contributed by atoms with van der Waals surface area (Å²) in [5.41, 5.74) is 5.81. The van der Waals surface area contributed by atoms with Crippen LogP contribution in [0.4, 0.5) is 5.69 Å². The van der Waals surface area contributed by atoms with Crippen molar-refractivity contribution in [2.24, 2.45) is 0 Å². The minimum absolute atomic E-state index is 0.895. The summed E-state index contributed by atoms with van der Waals surface area (Å²) >= 11 is 1.69. The molecular weight excluding hydrogens is 302 g/mol. The third-order valence-corrected chi connectivity index (χ3v) is 4.95. The first-order valence-electron chi connectivity index (χ1n) is 7.72. The lowest BCUT2D eigenvalue weighted by atomic mass is 10.1. The first-order chi connectivity index (χ1) is 11.3. The van der Waals surface area contributed by atoms with Crippen LogP contribution in [0.15, 0.2) is 46.9 Å². The first kappa shape index (κ1) is 14.1. The molecule has 0 aromatic carbocycles. The molecule has 114 valence electrons. The highest BCUT2D eigenvalue weighted by molar-refractivity contribution is 7.08. The Morgan fingerprint density at radius 2 is 2.26 bits per heavy atom. The summed E-state index contributed by atoms with van der Waals surface area (Å²) < 4.78 is 0. The number of hydrogen-bond donors (Lipinski definition) is 1. The van der Waals surface area contributed by atoms with E-state index in [0.717, 1.165) is 30.7 Å². The van der Waals surface area contributed by atoms with E-state index in [1.165, 1.54) is 22.2 Å². The van der Waals surface area contributed by atoms with Gasteiger partial charge in [0.25, 0.3) is 0 Å². The molecule has 4 rings (SSSR count). The number of rotatable bonds is 1. The van der Waals surface area contributed by atoms with Gasteiger partial charge in [0.1, 0.15) is 5.65 Å². The quantitative estimate of drug-likeness (QED) is 0.684. The molecule has 1 aliphatic rings. The van der Waals surface area contributed by atoms with E-state index in [1.807, 2.05) is 12.4 Å². The summed E-state index contributed by atoms with van der Waals surface area (Å²) in [7, 11) is 0. The molecule has 0 amide bonds. The maximum absolute atomic E-state index is 4.52. The highest BCUT2D eigenvalue weighted by atomic mass is 32.1. The third-order valence-electron chi connectivity index (χ3n) is 4.27. The molecule has 0 spiro atoms. The molecule has 3 aromatic heterocycles. The van der Waals surface area contributed by atoms with E-state index in [1.54, 1.807) is 11.3 Å². The van der Waals surface area contributed by atoms with Crippen LogP contribution in [-0.4, -0.2) is 23.1 Å². The van der Waals surface area contributed by atoms with E-state index in [0.29, 0.717) is 0 Å². The van der Waals surface area contributed by atoms with Gasteiger partial charge >= 0.3 is 0 Å². The average molecular weight is 319 g/mol. The van der Waals surface area contributed by atoms with Gasteiger partial charge in [-0.25, -0.2) is 4.98 Å². The minimum Gasteiger partial charge on any atom is -0.366 e. The second kappa shape index (κ2) is 5.94. The van der Waals surface area contributed by atoms with E-state index in [2.05, 4.69) is 62.6 Å². The van der Waals surface area contributed by atoms with Crippen LogP contribution in [-0.2, 0) is 0 Å². The van der Waals surface area contributed by atoms with Crippen molar-refractivity contribution in [1.82, 2.24) is 9.97 Å². The van der Waals surface area contributed by atoms with Crippen LogP contribution in [0, 0.1) is 18.8 Å². The Labute approximate surface area is 139 Å². The maximum Gasteiger partial charge on any atom is 0.137 e. The van der Waals surface area contributed by atoms with E-state index < -0.39 is 0 Å². The number of H-pyrrole nitrogens is 1. The zero-order valence-electron chi connectivity index (χ0n) is 13.0. The number of aromatic amines is 1. The molecule has 0 fully saturated rings. The first-order valence-corrected chi connectivity index (χ1v) is 8.66. The summed E-state index contributed by atoms with van der Waals surface area (Å²) in [6.07, 6.45) is 7.15. The van der Waals surface area contributed by atoms with E-state index >= 15 is 0 Å². The molecule has 0 atom stereocenters. The standard InChI is InChI=1S/C19H17N3S/c1-14-17-4-8-20-19(17)21-12-18(14)22-9-5-15(6-10-22)2-3-16-7-11-23-13-16/h4-5,7-8,11-13H,6,9-10H2,1H3,(H,20,21). The smallest absolute Gasteiger partial charge is 0.137 e. The lowest BCUT2D eigenvalue weighted by molar-refractivity contribution is 0.800. The fraction of sp³-hybridized carbons (Fsp3) is 0.211. The number of fused-ring (bicyclic) bond motifs is 1. The fourth-order valence-electron chi connectivity index (χ4n) is 2.94. The molecule has 4 heteroatoms. The number of nitrogens with zero attached hydrogens (tertiary/aromatic N) is 2. The highest BCUT2D eigenvalue weighted by Gasteiger charge is 2.15. The van der Waals surface area contributed by atoms with Crippen molar-refractivity contribution in [3.05, 3.63) is 58.1 Å². The second-order valence-electron chi connectivity index (χ2n) is 5.70. The Morgan fingerprint density at radius 1 is 1.30 bits per heavy atom. The molecule has 4 heterocycles. The number of anilines is 1.